The summed E-state index contributed by atoms with van der Waals surface area (Å²) in [5, 5.41) is 14.6. The second-order valence-electron chi connectivity index (χ2n) is 6.18. The van der Waals surface area contributed by atoms with Crippen LogP contribution in [0.3, 0.4) is 0 Å². The van der Waals surface area contributed by atoms with Gasteiger partial charge < -0.3 is 10.1 Å². The summed E-state index contributed by atoms with van der Waals surface area (Å²) in [6, 6.07) is 6.16. The molecule has 0 atom stereocenters. The Balaban J connectivity index is 1.63. The summed E-state index contributed by atoms with van der Waals surface area (Å²) in [5.41, 5.74) is 1.90. The number of nitrogens with zero attached hydrogens (tertiary/aromatic N) is 3. The number of benzene rings is 1. The normalized spacial score (nSPS) is 15.6. The van der Waals surface area contributed by atoms with Crippen molar-refractivity contribution in [2.75, 3.05) is 18.5 Å². The number of carbonyl (C=O) groups is 1. The van der Waals surface area contributed by atoms with Crippen molar-refractivity contribution in [1.29, 1.82) is 0 Å². The minimum atomic E-state index is -0.382. The third-order valence-corrected chi connectivity index (χ3v) is 4.38. The number of aromatic amines is 1. The Kier molecular flexibility index (Phi) is 3.96. The monoisotopic (exact) mass is 343 g/mol. The summed E-state index contributed by atoms with van der Waals surface area (Å²) >= 11 is 0. The lowest BCUT2D eigenvalue weighted by Crippen LogP contribution is -2.25. The number of rotatable bonds is 3. The second kappa shape index (κ2) is 6.29. The van der Waals surface area contributed by atoms with E-state index in [1.807, 2.05) is 6.92 Å². The zero-order valence-corrected chi connectivity index (χ0v) is 13.8. The van der Waals surface area contributed by atoms with Crippen molar-refractivity contribution < 1.29 is 13.9 Å². The van der Waals surface area contributed by atoms with E-state index in [0.29, 0.717) is 35.6 Å². The number of anilines is 1. The van der Waals surface area contributed by atoms with E-state index in [-0.39, 0.29) is 17.8 Å². The number of halogens is 1. The van der Waals surface area contributed by atoms with Crippen molar-refractivity contribution in [3.63, 3.8) is 0 Å². The van der Waals surface area contributed by atoms with E-state index >= 15 is 0 Å². The summed E-state index contributed by atoms with van der Waals surface area (Å²) in [7, 11) is 0. The van der Waals surface area contributed by atoms with Gasteiger partial charge >= 0.3 is 0 Å². The van der Waals surface area contributed by atoms with Crippen LogP contribution in [0.4, 0.5) is 10.2 Å². The first-order valence-electron chi connectivity index (χ1n) is 8.20. The van der Waals surface area contributed by atoms with Gasteiger partial charge in [0.25, 0.3) is 5.91 Å². The molecular weight excluding hydrogens is 325 g/mol. The quantitative estimate of drug-likeness (QED) is 0.766. The average Bonchev–Trinajstić information content (AvgIpc) is 3.19. The summed E-state index contributed by atoms with van der Waals surface area (Å²) in [6.07, 6.45) is 1.63. The SMILES string of the molecule is Cc1cc(C(=O)Nc2n[nH]c3ccc(F)cc23)n(C2CCOCC2)n1. The number of hydrogen-bond donors (Lipinski definition) is 2. The van der Waals surface area contributed by atoms with Crippen LogP contribution in [0.1, 0.15) is 35.1 Å². The molecule has 1 saturated heterocycles. The highest BCUT2D eigenvalue weighted by atomic mass is 19.1. The number of fused-ring (bicyclic) bond motifs is 1. The summed E-state index contributed by atoms with van der Waals surface area (Å²) in [4.78, 5) is 12.8. The van der Waals surface area contributed by atoms with Crippen molar-refractivity contribution in [3.8, 4) is 0 Å². The predicted octanol–water partition coefficient (Wildman–Crippen LogP) is 2.81. The molecule has 0 aliphatic carbocycles. The number of amides is 1. The van der Waals surface area contributed by atoms with Crippen molar-refractivity contribution in [3.05, 3.63) is 41.5 Å². The van der Waals surface area contributed by atoms with Gasteiger partial charge in [-0.05, 0) is 44.0 Å². The fourth-order valence-electron chi connectivity index (χ4n) is 3.15. The van der Waals surface area contributed by atoms with Gasteiger partial charge in [-0.15, -0.1) is 0 Å². The first-order chi connectivity index (χ1) is 12.1. The number of hydrogen-bond acceptors (Lipinski definition) is 4. The minimum Gasteiger partial charge on any atom is -0.381 e. The zero-order chi connectivity index (χ0) is 17.4. The maximum absolute atomic E-state index is 13.5. The highest BCUT2D eigenvalue weighted by molar-refractivity contribution is 6.07. The second-order valence-corrected chi connectivity index (χ2v) is 6.18. The first-order valence-corrected chi connectivity index (χ1v) is 8.20. The molecule has 2 aromatic heterocycles. The van der Waals surface area contributed by atoms with Crippen molar-refractivity contribution in [2.45, 2.75) is 25.8 Å². The summed E-state index contributed by atoms with van der Waals surface area (Å²) < 4.78 is 20.6. The molecule has 1 aliphatic heterocycles. The molecule has 1 fully saturated rings. The molecule has 4 rings (SSSR count). The number of aromatic nitrogens is 4. The van der Waals surface area contributed by atoms with Crippen LogP contribution in [0.25, 0.3) is 10.9 Å². The van der Waals surface area contributed by atoms with Crippen LogP contribution in [0, 0.1) is 12.7 Å². The van der Waals surface area contributed by atoms with Crippen LogP contribution in [-0.2, 0) is 4.74 Å². The molecule has 1 aliphatic rings. The lowest BCUT2D eigenvalue weighted by atomic mass is 10.1. The lowest BCUT2D eigenvalue weighted by molar-refractivity contribution is 0.0646. The predicted molar refractivity (Wildman–Crippen MR) is 90.1 cm³/mol. The number of aryl methyl sites for hydroxylation is 1. The van der Waals surface area contributed by atoms with Gasteiger partial charge in [-0.1, -0.05) is 0 Å². The van der Waals surface area contributed by atoms with E-state index in [2.05, 4.69) is 20.6 Å². The Labute approximate surface area is 143 Å². The van der Waals surface area contributed by atoms with E-state index in [1.165, 1.54) is 12.1 Å². The third-order valence-electron chi connectivity index (χ3n) is 4.38. The van der Waals surface area contributed by atoms with Crippen LogP contribution >= 0.6 is 0 Å². The fourth-order valence-corrected chi connectivity index (χ4v) is 3.15. The zero-order valence-electron chi connectivity index (χ0n) is 13.8. The third kappa shape index (κ3) is 3.00. The molecule has 1 aromatic carbocycles. The Bertz CT molecular complexity index is 926. The minimum absolute atomic E-state index is 0.136. The lowest BCUT2D eigenvalue weighted by Gasteiger charge is -2.23. The topological polar surface area (TPSA) is 84.8 Å². The fraction of sp³-hybridized carbons (Fsp3) is 0.353. The van der Waals surface area contributed by atoms with Crippen LogP contribution in [0.15, 0.2) is 24.3 Å². The van der Waals surface area contributed by atoms with Gasteiger partial charge in [0, 0.05) is 18.6 Å². The molecule has 3 heterocycles. The van der Waals surface area contributed by atoms with Gasteiger partial charge in [0.15, 0.2) is 5.82 Å². The highest BCUT2D eigenvalue weighted by Crippen LogP contribution is 2.25. The largest absolute Gasteiger partial charge is 0.381 e. The van der Waals surface area contributed by atoms with Gasteiger partial charge in [0.1, 0.15) is 11.5 Å². The number of ether oxygens (including phenoxy) is 1. The average molecular weight is 343 g/mol. The molecule has 0 radical (unpaired) electrons. The summed E-state index contributed by atoms with van der Waals surface area (Å²) in [6.45, 7) is 3.17. The van der Waals surface area contributed by atoms with Crippen molar-refractivity contribution in [1.82, 2.24) is 20.0 Å². The molecule has 8 heteroatoms. The van der Waals surface area contributed by atoms with Gasteiger partial charge in [-0.3, -0.25) is 14.6 Å². The molecule has 7 nitrogen and oxygen atoms in total. The molecule has 130 valence electrons. The number of nitrogens with one attached hydrogen (secondary N) is 2. The smallest absolute Gasteiger partial charge is 0.275 e. The van der Waals surface area contributed by atoms with Crippen LogP contribution < -0.4 is 5.32 Å². The first kappa shape index (κ1) is 15.8. The maximum Gasteiger partial charge on any atom is 0.275 e. The Hall–Kier alpha value is -2.74. The van der Waals surface area contributed by atoms with E-state index in [0.717, 1.165) is 18.5 Å². The molecule has 0 bridgehead atoms. The van der Waals surface area contributed by atoms with E-state index < -0.39 is 0 Å². The molecule has 25 heavy (non-hydrogen) atoms. The van der Waals surface area contributed by atoms with Gasteiger partial charge in [0.05, 0.1) is 17.3 Å². The molecule has 0 spiro atoms. The van der Waals surface area contributed by atoms with Gasteiger partial charge in [0.2, 0.25) is 0 Å². The van der Waals surface area contributed by atoms with Gasteiger partial charge in [-0.2, -0.15) is 10.2 Å². The molecular formula is C17H18FN5O2. The van der Waals surface area contributed by atoms with E-state index in [9.17, 15) is 9.18 Å². The van der Waals surface area contributed by atoms with Crippen LogP contribution in [0.5, 0.6) is 0 Å². The Morgan fingerprint density at radius 3 is 2.96 bits per heavy atom. The Morgan fingerprint density at radius 2 is 2.16 bits per heavy atom. The molecule has 2 N–H and O–H groups in total. The van der Waals surface area contributed by atoms with Gasteiger partial charge in [-0.25, -0.2) is 4.39 Å². The standard InChI is InChI=1S/C17H18FN5O2/c1-10-8-15(23(22-10)12-4-6-25-7-5-12)17(24)19-16-13-9-11(18)2-3-14(13)20-21-16/h2-3,8-9,12H,4-7H2,1H3,(H2,19,20,21,24). The van der Waals surface area contributed by atoms with Crippen LogP contribution in [-0.4, -0.2) is 39.1 Å². The highest BCUT2D eigenvalue weighted by Gasteiger charge is 2.23. The van der Waals surface area contributed by atoms with Crippen LogP contribution in [0.2, 0.25) is 0 Å². The van der Waals surface area contributed by atoms with Crippen molar-refractivity contribution in [2.24, 2.45) is 0 Å². The molecule has 3 aromatic rings. The molecule has 0 saturated carbocycles. The molecule has 0 unspecified atom stereocenters. The maximum atomic E-state index is 13.5. The Morgan fingerprint density at radius 1 is 1.36 bits per heavy atom. The number of carbonyl (C=O) groups excluding carboxylic acids is 1. The summed E-state index contributed by atoms with van der Waals surface area (Å²) in [5.74, 6) is -0.394. The van der Waals surface area contributed by atoms with E-state index in [4.69, 9.17) is 4.74 Å². The van der Waals surface area contributed by atoms with Crippen molar-refractivity contribution >= 4 is 22.6 Å². The molecule has 1 amide bonds. The number of H-pyrrole nitrogens is 1. The van der Waals surface area contributed by atoms with E-state index in [1.54, 1.807) is 16.8 Å².